The van der Waals surface area contributed by atoms with E-state index in [2.05, 4.69) is 81.6 Å². The summed E-state index contributed by atoms with van der Waals surface area (Å²) in [6.07, 6.45) is 0. The molecule has 0 amide bonds. The first kappa shape index (κ1) is 15.3. The van der Waals surface area contributed by atoms with E-state index in [0.29, 0.717) is 0 Å². The number of thioether (sulfide) groups is 1. The number of hydrogen-bond acceptors (Lipinski definition) is 3. The van der Waals surface area contributed by atoms with Crippen LogP contribution in [0.1, 0.15) is 11.1 Å². The van der Waals surface area contributed by atoms with E-state index in [9.17, 15) is 0 Å². The summed E-state index contributed by atoms with van der Waals surface area (Å²) in [6, 6.07) is 16.7. The summed E-state index contributed by atoms with van der Waals surface area (Å²) in [6.45, 7) is 2.08. The molecule has 0 fully saturated rings. The smallest absolute Gasteiger partial charge is 0.191 e. The summed E-state index contributed by atoms with van der Waals surface area (Å²) in [5.74, 6) is 1.78. The normalized spacial score (nSPS) is 10.9. The van der Waals surface area contributed by atoms with Gasteiger partial charge in [-0.2, -0.15) is 0 Å². The van der Waals surface area contributed by atoms with Gasteiger partial charge in [-0.15, -0.1) is 10.2 Å². The van der Waals surface area contributed by atoms with Crippen LogP contribution in [0.5, 0.6) is 0 Å². The third kappa shape index (κ3) is 3.42. The highest BCUT2D eigenvalue weighted by Crippen LogP contribution is 2.25. The predicted octanol–water partition coefficient (Wildman–Crippen LogP) is 4.85. The van der Waals surface area contributed by atoms with E-state index >= 15 is 0 Å². The van der Waals surface area contributed by atoms with Gasteiger partial charge in [0.2, 0.25) is 0 Å². The Labute approximate surface area is 142 Å². The zero-order valence-corrected chi connectivity index (χ0v) is 14.9. The van der Waals surface area contributed by atoms with Gasteiger partial charge in [0, 0.05) is 22.8 Å². The number of benzene rings is 2. The summed E-state index contributed by atoms with van der Waals surface area (Å²) in [7, 11) is 2.01. The largest absolute Gasteiger partial charge is 0.305 e. The minimum Gasteiger partial charge on any atom is -0.305 e. The maximum atomic E-state index is 4.33. The van der Waals surface area contributed by atoms with Crippen molar-refractivity contribution in [1.29, 1.82) is 0 Å². The number of aromatic nitrogens is 3. The van der Waals surface area contributed by atoms with E-state index in [1.807, 2.05) is 11.6 Å². The summed E-state index contributed by atoms with van der Waals surface area (Å²) >= 11 is 5.15. The van der Waals surface area contributed by atoms with Gasteiger partial charge >= 0.3 is 0 Å². The predicted molar refractivity (Wildman–Crippen MR) is 94.9 cm³/mol. The molecular formula is C17H16BrN3S. The van der Waals surface area contributed by atoms with Crippen molar-refractivity contribution in [2.75, 3.05) is 0 Å². The Morgan fingerprint density at radius 2 is 1.68 bits per heavy atom. The molecule has 0 radical (unpaired) electrons. The van der Waals surface area contributed by atoms with Crippen molar-refractivity contribution in [3.8, 4) is 11.4 Å². The Balaban J connectivity index is 1.75. The number of hydrogen-bond donors (Lipinski definition) is 0. The van der Waals surface area contributed by atoms with Gasteiger partial charge in [0.15, 0.2) is 11.0 Å². The molecule has 0 aliphatic rings. The van der Waals surface area contributed by atoms with Crippen molar-refractivity contribution in [3.05, 3.63) is 64.1 Å². The van der Waals surface area contributed by atoms with Crippen molar-refractivity contribution >= 4 is 27.7 Å². The van der Waals surface area contributed by atoms with E-state index < -0.39 is 0 Å². The van der Waals surface area contributed by atoms with Crippen LogP contribution in [0.2, 0.25) is 0 Å². The van der Waals surface area contributed by atoms with Gasteiger partial charge in [-0.1, -0.05) is 69.7 Å². The first-order valence-electron chi connectivity index (χ1n) is 6.97. The van der Waals surface area contributed by atoms with Crippen LogP contribution in [-0.4, -0.2) is 14.8 Å². The van der Waals surface area contributed by atoms with E-state index in [-0.39, 0.29) is 0 Å². The first-order valence-corrected chi connectivity index (χ1v) is 8.75. The Bertz CT molecular complexity index is 764. The fourth-order valence-corrected chi connectivity index (χ4v) is 3.25. The summed E-state index contributed by atoms with van der Waals surface area (Å²) in [5, 5.41) is 9.57. The highest BCUT2D eigenvalue weighted by atomic mass is 79.9. The molecule has 0 N–H and O–H groups in total. The quantitative estimate of drug-likeness (QED) is 0.612. The van der Waals surface area contributed by atoms with E-state index in [1.165, 1.54) is 11.1 Å². The molecule has 0 aliphatic heterocycles. The molecule has 0 saturated heterocycles. The average Bonchev–Trinajstić information content (AvgIpc) is 2.89. The highest BCUT2D eigenvalue weighted by Gasteiger charge is 2.11. The molecule has 0 saturated carbocycles. The second-order valence-electron chi connectivity index (χ2n) is 5.15. The van der Waals surface area contributed by atoms with E-state index in [4.69, 9.17) is 0 Å². The fourth-order valence-electron chi connectivity index (χ4n) is 2.12. The van der Waals surface area contributed by atoms with Crippen LogP contribution in [0.15, 0.2) is 58.2 Å². The highest BCUT2D eigenvalue weighted by molar-refractivity contribution is 9.10. The Morgan fingerprint density at radius 3 is 2.36 bits per heavy atom. The lowest BCUT2D eigenvalue weighted by Crippen LogP contribution is -1.95. The maximum absolute atomic E-state index is 4.33. The monoisotopic (exact) mass is 373 g/mol. The van der Waals surface area contributed by atoms with Crippen molar-refractivity contribution in [2.24, 2.45) is 7.05 Å². The summed E-state index contributed by atoms with van der Waals surface area (Å²) in [5.41, 5.74) is 3.61. The van der Waals surface area contributed by atoms with Crippen molar-refractivity contribution in [1.82, 2.24) is 14.8 Å². The lowest BCUT2D eigenvalue weighted by molar-refractivity contribution is 0.794. The lowest BCUT2D eigenvalue weighted by Gasteiger charge is -2.04. The van der Waals surface area contributed by atoms with Crippen LogP contribution in [0.3, 0.4) is 0 Å². The first-order chi connectivity index (χ1) is 10.6. The third-order valence-electron chi connectivity index (χ3n) is 3.43. The average molecular weight is 374 g/mol. The van der Waals surface area contributed by atoms with Gasteiger partial charge in [0.05, 0.1) is 0 Å². The Morgan fingerprint density at radius 1 is 1.00 bits per heavy atom. The van der Waals surface area contributed by atoms with Crippen molar-refractivity contribution in [2.45, 2.75) is 17.8 Å². The number of aryl methyl sites for hydroxylation is 1. The van der Waals surface area contributed by atoms with Crippen LogP contribution in [0, 0.1) is 6.92 Å². The number of rotatable bonds is 4. The molecule has 1 heterocycles. The molecule has 0 aliphatic carbocycles. The second kappa shape index (κ2) is 6.67. The Hall–Kier alpha value is -1.59. The molecule has 0 unspecified atom stereocenters. The van der Waals surface area contributed by atoms with Crippen LogP contribution in [0.25, 0.3) is 11.4 Å². The molecule has 22 heavy (non-hydrogen) atoms. The number of nitrogens with zero attached hydrogens (tertiary/aromatic N) is 3. The zero-order valence-electron chi connectivity index (χ0n) is 12.5. The fraction of sp³-hybridized carbons (Fsp3) is 0.176. The summed E-state index contributed by atoms with van der Waals surface area (Å²) < 4.78 is 3.15. The standard InChI is InChI=1S/C17H16BrN3S/c1-12-3-7-14(8-4-12)16-19-20-17(21(16)2)22-11-13-5-9-15(18)10-6-13/h3-10H,11H2,1-2H3. The van der Waals surface area contributed by atoms with Crippen LogP contribution in [-0.2, 0) is 12.8 Å². The molecule has 0 atom stereocenters. The molecule has 2 aromatic carbocycles. The van der Waals surface area contributed by atoms with Gasteiger partial charge in [-0.05, 0) is 24.6 Å². The van der Waals surface area contributed by atoms with Crippen molar-refractivity contribution < 1.29 is 0 Å². The molecule has 1 aromatic heterocycles. The molecular weight excluding hydrogens is 358 g/mol. The van der Waals surface area contributed by atoms with Gasteiger partial charge in [-0.3, -0.25) is 0 Å². The number of halogens is 1. The minimum atomic E-state index is 0.882. The van der Waals surface area contributed by atoms with Gasteiger partial charge in [0.1, 0.15) is 0 Å². The van der Waals surface area contributed by atoms with Crippen LogP contribution >= 0.6 is 27.7 Å². The molecule has 5 heteroatoms. The van der Waals surface area contributed by atoms with Gasteiger partial charge in [0.25, 0.3) is 0 Å². The second-order valence-corrected chi connectivity index (χ2v) is 7.00. The SMILES string of the molecule is Cc1ccc(-c2nnc(SCc3ccc(Br)cc3)n2C)cc1. The summed E-state index contributed by atoms with van der Waals surface area (Å²) in [4.78, 5) is 0. The molecule has 3 rings (SSSR count). The molecule has 0 bridgehead atoms. The van der Waals surface area contributed by atoms with Crippen LogP contribution < -0.4 is 0 Å². The maximum Gasteiger partial charge on any atom is 0.191 e. The zero-order chi connectivity index (χ0) is 15.5. The van der Waals surface area contributed by atoms with E-state index in [1.54, 1.807) is 11.8 Å². The minimum absolute atomic E-state index is 0.882. The Kier molecular flexibility index (Phi) is 4.64. The molecule has 3 aromatic rings. The van der Waals surface area contributed by atoms with E-state index in [0.717, 1.165) is 26.8 Å². The third-order valence-corrected chi connectivity index (χ3v) is 5.05. The topological polar surface area (TPSA) is 30.7 Å². The molecule has 0 spiro atoms. The van der Waals surface area contributed by atoms with Gasteiger partial charge in [-0.25, -0.2) is 0 Å². The molecule has 3 nitrogen and oxygen atoms in total. The van der Waals surface area contributed by atoms with Crippen LogP contribution in [0.4, 0.5) is 0 Å². The van der Waals surface area contributed by atoms with Gasteiger partial charge < -0.3 is 4.57 Å². The lowest BCUT2D eigenvalue weighted by atomic mass is 10.1. The molecule has 112 valence electrons. The van der Waals surface area contributed by atoms with Crippen molar-refractivity contribution in [3.63, 3.8) is 0 Å².